The van der Waals surface area contributed by atoms with Crippen LogP contribution in [0.5, 0.6) is 0 Å². The van der Waals surface area contributed by atoms with E-state index in [0.29, 0.717) is 0 Å². The summed E-state index contributed by atoms with van der Waals surface area (Å²) in [5.41, 5.74) is 0. The quantitative estimate of drug-likeness (QED) is 0.460. The fraction of sp³-hybridized carbons (Fsp3) is 0. The van der Waals surface area contributed by atoms with Gasteiger partial charge in [0.1, 0.15) is 0 Å². The largest absolute Gasteiger partial charge is 0.437 e. The Balaban J connectivity index is 3.13. The predicted molar refractivity (Wildman–Crippen MR) is 31.1 cm³/mol. The molecule has 0 bridgehead atoms. The molecule has 1 aromatic rings. The topological polar surface area (TPSA) is 66.7 Å². The maximum Gasteiger partial charge on any atom is 0.0799 e. The van der Waals surface area contributed by atoms with E-state index >= 15 is 0 Å². The standard InChI is InChI=1S/C4H4N3OS/c5-9(8)4-6-2-1-3-7-4/h1-3,5H/q-1. The van der Waals surface area contributed by atoms with Gasteiger partial charge in [0.15, 0.2) is 0 Å². The van der Waals surface area contributed by atoms with Crippen molar-refractivity contribution in [2.45, 2.75) is 5.16 Å². The molecule has 1 aromatic heterocycles. The van der Waals surface area contributed by atoms with Crippen LogP contribution >= 0.6 is 0 Å². The molecule has 4 nitrogen and oxygen atoms in total. The number of aromatic nitrogens is 2. The van der Waals surface area contributed by atoms with E-state index in [4.69, 9.17) is 4.78 Å². The third-order valence-electron chi connectivity index (χ3n) is 0.708. The molecule has 0 aromatic carbocycles. The number of nitrogens with zero attached hydrogens (tertiary/aromatic N) is 2. The Morgan fingerprint density at radius 3 is 2.33 bits per heavy atom. The minimum absolute atomic E-state index is 0.0532. The molecule has 1 rings (SSSR count). The molecule has 0 radical (unpaired) electrons. The normalized spacial score (nSPS) is 9.89. The van der Waals surface area contributed by atoms with Crippen molar-refractivity contribution in [3.8, 4) is 0 Å². The van der Waals surface area contributed by atoms with Gasteiger partial charge in [-0.2, -0.15) is 0 Å². The lowest BCUT2D eigenvalue weighted by Crippen LogP contribution is -1.86. The first-order chi connectivity index (χ1) is 4.30. The van der Waals surface area contributed by atoms with Gasteiger partial charge in [-0.05, 0) is 6.07 Å². The minimum Gasteiger partial charge on any atom is -0.437 e. The number of nitrogens with one attached hydrogen (secondary N) is 1. The molecule has 5 heteroatoms. The summed E-state index contributed by atoms with van der Waals surface area (Å²) in [6.07, 6.45) is 2.91. The minimum atomic E-state index is -1.80. The molecule has 0 aliphatic rings. The summed E-state index contributed by atoms with van der Waals surface area (Å²) in [4.78, 5) is 7.16. The Morgan fingerprint density at radius 1 is 1.44 bits per heavy atom. The van der Waals surface area contributed by atoms with E-state index < -0.39 is 10.6 Å². The van der Waals surface area contributed by atoms with Crippen molar-refractivity contribution in [2.75, 3.05) is 0 Å². The molecular weight excluding hydrogens is 138 g/mol. The maximum absolute atomic E-state index is 10.3. The highest BCUT2D eigenvalue weighted by molar-refractivity contribution is 7.73. The molecular formula is C4H4N3OS-. The van der Waals surface area contributed by atoms with Gasteiger partial charge < -0.3 is 8.99 Å². The van der Waals surface area contributed by atoms with E-state index in [-0.39, 0.29) is 5.16 Å². The smallest absolute Gasteiger partial charge is 0.0799 e. The Labute approximate surface area is 54.0 Å². The highest BCUT2D eigenvalue weighted by Gasteiger charge is 1.77. The number of hydrogen-bond acceptors (Lipinski definition) is 5. The third-order valence-corrected chi connectivity index (χ3v) is 1.25. The zero-order valence-electron chi connectivity index (χ0n) is 4.44. The van der Waals surface area contributed by atoms with Crippen LogP contribution in [0, 0.1) is 4.78 Å². The van der Waals surface area contributed by atoms with Gasteiger partial charge >= 0.3 is 0 Å². The lowest BCUT2D eigenvalue weighted by atomic mass is 10.7. The van der Waals surface area contributed by atoms with Crippen LogP contribution in [0.3, 0.4) is 0 Å². The molecule has 0 atom stereocenters. The molecule has 0 aliphatic carbocycles. The van der Waals surface area contributed by atoms with Crippen molar-refractivity contribution in [1.29, 1.82) is 4.78 Å². The van der Waals surface area contributed by atoms with E-state index in [1.54, 1.807) is 6.07 Å². The fourth-order valence-corrected chi connectivity index (χ4v) is 0.694. The molecule has 1 N–H and O–H groups in total. The van der Waals surface area contributed by atoms with Crippen LogP contribution in [0.2, 0.25) is 0 Å². The number of rotatable bonds is 1. The lowest BCUT2D eigenvalue weighted by molar-refractivity contribution is 0.594. The van der Waals surface area contributed by atoms with E-state index in [9.17, 15) is 4.21 Å². The van der Waals surface area contributed by atoms with Crippen molar-refractivity contribution < 1.29 is 4.21 Å². The van der Waals surface area contributed by atoms with Crippen LogP contribution in [0.1, 0.15) is 0 Å². The van der Waals surface area contributed by atoms with Crippen LogP contribution in [0.4, 0.5) is 0 Å². The lowest BCUT2D eigenvalue weighted by Gasteiger charge is -1.94. The van der Waals surface area contributed by atoms with Crippen molar-refractivity contribution in [2.24, 2.45) is 0 Å². The Morgan fingerprint density at radius 2 is 2.00 bits per heavy atom. The predicted octanol–water partition coefficient (Wildman–Crippen LogP) is 0.562. The average Bonchev–Trinajstić information content (AvgIpc) is 1.90. The van der Waals surface area contributed by atoms with Gasteiger partial charge in [-0.1, -0.05) is 0 Å². The van der Waals surface area contributed by atoms with E-state index in [0.717, 1.165) is 0 Å². The molecule has 0 saturated heterocycles. The highest BCUT2D eigenvalue weighted by atomic mass is 32.2. The second-order valence-electron chi connectivity index (χ2n) is 1.30. The van der Waals surface area contributed by atoms with Gasteiger partial charge in [0.2, 0.25) is 0 Å². The van der Waals surface area contributed by atoms with Gasteiger partial charge in [-0.15, -0.1) is 10.6 Å². The molecule has 0 aliphatic heterocycles. The van der Waals surface area contributed by atoms with Crippen LogP contribution in [0.15, 0.2) is 23.6 Å². The van der Waals surface area contributed by atoms with E-state index in [1.165, 1.54) is 12.4 Å². The van der Waals surface area contributed by atoms with Crippen LogP contribution in [-0.4, -0.2) is 9.97 Å². The van der Waals surface area contributed by atoms with Crippen molar-refractivity contribution in [3.05, 3.63) is 18.5 Å². The second-order valence-corrected chi connectivity index (χ2v) is 2.20. The Bertz CT molecular complexity index is 248. The molecule has 0 saturated carbocycles. The zero-order chi connectivity index (χ0) is 6.69. The zero-order valence-corrected chi connectivity index (χ0v) is 5.26. The summed E-state index contributed by atoms with van der Waals surface area (Å²) in [6, 6.07) is 1.61. The number of hydrogen-bond donors (Lipinski definition) is 1. The molecule has 0 fully saturated rings. The van der Waals surface area contributed by atoms with Crippen molar-refractivity contribution in [1.82, 2.24) is 9.97 Å². The summed E-state index contributed by atoms with van der Waals surface area (Å²) in [5.74, 6) is 0. The van der Waals surface area contributed by atoms with Gasteiger partial charge in [0, 0.05) is 12.4 Å². The Hall–Kier alpha value is -0.970. The summed E-state index contributed by atoms with van der Waals surface area (Å²) < 4.78 is 17.0. The molecule has 0 unspecified atom stereocenters. The van der Waals surface area contributed by atoms with E-state index in [2.05, 4.69) is 9.97 Å². The summed E-state index contributed by atoms with van der Waals surface area (Å²) in [7, 11) is -1.80. The van der Waals surface area contributed by atoms with Gasteiger partial charge in [0.05, 0.1) is 5.16 Å². The summed E-state index contributed by atoms with van der Waals surface area (Å²) in [5, 5.41) is 0.0532. The van der Waals surface area contributed by atoms with Gasteiger partial charge in [-0.25, -0.2) is 0 Å². The molecule has 48 valence electrons. The monoisotopic (exact) mass is 142 g/mol. The first-order valence-corrected chi connectivity index (χ1v) is 3.36. The molecule has 1 heterocycles. The molecule has 0 amide bonds. The van der Waals surface area contributed by atoms with Crippen molar-refractivity contribution in [3.63, 3.8) is 0 Å². The van der Waals surface area contributed by atoms with Crippen LogP contribution < -0.4 is 0 Å². The Kier molecular flexibility index (Phi) is 1.74. The second kappa shape index (κ2) is 2.54. The first kappa shape index (κ1) is 6.15. The summed E-state index contributed by atoms with van der Waals surface area (Å²) in [6.45, 7) is 0. The third kappa shape index (κ3) is 1.46. The van der Waals surface area contributed by atoms with E-state index in [1.807, 2.05) is 0 Å². The molecule has 9 heavy (non-hydrogen) atoms. The highest BCUT2D eigenvalue weighted by Crippen LogP contribution is 1.86. The molecule has 0 spiro atoms. The summed E-state index contributed by atoms with van der Waals surface area (Å²) >= 11 is 0. The van der Waals surface area contributed by atoms with Crippen LogP contribution in [-0.2, 0) is 14.8 Å². The van der Waals surface area contributed by atoms with Crippen molar-refractivity contribution >= 4 is 10.6 Å². The average molecular weight is 142 g/mol. The SMILES string of the molecule is N=[S-](=O)c1ncccn1. The van der Waals surface area contributed by atoms with Gasteiger partial charge in [-0.3, -0.25) is 9.97 Å². The maximum atomic E-state index is 10.3. The fourth-order valence-electron chi connectivity index (χ4n) is 0.381. The van der Waals surface area contributed by atoms with Gasteiger partial charge in [0.25, 0.3) is 0 Å². The van der Waals surface area contributed by atoms with Crippen LogP contribution in [0.25, 0.3) is 0 Å². The first-order valence-electron chi connectivity index (χ1n) is 2.21.